The van der Waals surface area contributed by atoms with Crippen LogP contribution in [0.3, 0.4) is 0 Å². The summed E-state index contributed by atoms with van der Waals surface area (Å²) in [6.45, 7) is 3.78. The van der Waals surface area contributed by atoms with Gasteiger partial charge in [0.05, 0.1) is 18.5 Å². The fraction of sp³-hybridized carbons (Fsp3) is 0.750. The Balaban J connectivity index is 2.77. The van der Waals surface area contributed by atoms with Gasteiger partial charge in [-0.2, -0.15) is 4.98 Å². The van der Waals surface area contributed by atoms with Crippen molar-refractivity contribution in [3.8, 4) is 6.01 Å². The first kappa shape index (κ1) is 13.3. The second-order valence-electron chi connectivity index (χ2n) is 3.32. The van der Waals surface area contributed by atoms with E-state index in [1.54, 1.807) is 0 Å². The molecule has 0 N–H and O–H groups in total. The molecule has 0 aliphatic carbocycles. The number of hydrogen-bond acceptors (Lipinski definition) is 7. The van der Waals surface area contributed by atoms with E-state index in [9.17, 15) is 8.42 Å². The highest BCUT2D eigenvalue weighted by atomic mass is 32.2. The minimum atomic E-state index is -3.40. The highest BCUT2D eigenvalue weighted by molar-refractivity contribution is 7.93. The van der Waals surface area contributed by atoms with Gasteiger partial charge in [-0.15, -0.1) is 4.37 Å². The molecule has 6 nitrogen and oxygen atoms in total. The van der Waals surface area contributed by atoms with Crippen LogP contribution in [0.25, 0.3) is 0 Å². The minimum Gasteiger partial charge on any atom is -0.460 e. The molecule has 0 atom stereocenters. The molecule has 0 aromatic carbocycles. The smallest absolute Gasteiger partial charge is 0.329 e. The monoisotopic (exact) mass is 266 g/mol. The van der Waals surface area contributed by atoms with Crippen molar-refractivity contribution in [2.24, 2.45) is 0 Å². The minimum absolute atomic E-state index is 0.0276. The maximum absolute atomic E-state index is 11.7. The van der Waals surface area contributed by atoms with E-state index in [4.69, 9.17) is 9.47 Å². The van der Waals surface area contributed by atoms with Crippen molar-refractivity contribution in [1.29, 1.82) is 0 Å². The lowest BCUT2D eigenvalue weighted by Gasteiger charge is -2.03. The van der Waals surface area contributed by atoms with Crippen LogP contribution >= 0.6 is 11.5 Å². The number of sulfone groups is 1. The van der Waals surface area contributed by atoms with Crippen molar-refractivity contribution >= 4 is 21.4 Å². The van der Waals surface area contributed by atoms with Crippen LogP contribution in [-0.4, -0.2) is 43.3 Å². The van der Waals surface area contributed by atoms with Gasteiger partial charge in [0.25, 0.3) is 0 Å². The lowest BCUT2D eigenvalue weighted by atomic mass is 10.5. The number of ether oxygens (including phenoxy) is 2. The van der Waals surface area contributed by atoms with Crippen LogP contribution in [0.15, 0.2) is 4.34 Å². The number of nitrogens with zero attached hydrogens (tertiary/aromatic N) is 2. The second kappa shape index (κ2) is 5.55. The fourth-order valence-electron chi connectivity index (χ4n) is 0.862. The number of aromatic nitrogens is 2. The van der Waals surface area contributed by atoms with Gasteiger partial charge in [-0.25, -0.2) is 8.42 Å². The van der Waals surface area contributed by atoms with Gasteiger partial charge in [0.1, 0.15) is 0 Å². The Hall–Kier alpha value is -0.730. The van der Waals surface area contributed by atoms with E-state index in [0.717, 1.165) is 11.5 Å². The molecular weight excluding hydrogens is 252 g/mol. The van der Waals surface area contributed by atoms with Crippen LogP contribution in [0.5, 0.6) is 6.01 Å². The zero-order chi connectivity index (χ0) is 12.2. The Bertz CT molecular complexity index is 427. The summed E-state index contributed by atoms with van der Waals surface area (Å²) in [5, 5.41) is 0. The van der Waals surface area contributed by atoms with E-state index in [2.05, 4.69) is 9.36 Å². The van der Waals surface area contributed by atoms with Crippen LogP contribution < -0.4 is 4.74 Å². The molecule has 1 aromatic heterocycles. The van der Waals surface area contributed by atoms with Crippen molar-refractivity contribution < 1.29 is 17.9 Å². The molecule has 0 amide bonds. The maximum Gasteiger partial charge on any atom is 0.329 e. The Kier molecular flexibility index (Phi) is 4.63. The number of methoxy groups -OCH3 is 1. The standard InChI is InChI=1S/C8H14N2O4S2/c1-6(2)14-7-9-8(15-10-7)16(11,12)5-4-13-3/h6H,4-5H2,1-3H3. The van der Waals surface area contributed by atoms with Gasteiger partial charge in [-0.3, -0.25) is 0 Å². The number of rotatable bonds is 6. The molecule has 0 saturated carbocycles. The van der Waals surface area contributed by atoms with E-state index < -0.39 is 9.84 Å². The van der Waals surface area contributed by atoms with Crippen LogP contribution in [-0.2, 0) is 14.6 Å². The van der Waals surface area contributed by atoms with E-state index in [1.807, 2.05) is 13.8 Å². The zero-order valence-electron chi connectivity index (χ0n) is 9.34. The second-order valence-corrected chi connectivity index (χ2v) is 6.36. The third-order valence-electron chi connectivity index (χ3n) is 1.55. The molecule has 92 valence electrons. The molecule has 0 radical (unpaired) electrons. The van der Waals surface area contributed by atoms with Gasteiger partial charge in [0, 0.05) is 18.6 Å². The molecule has 0 spiro atoms. The van der Waals surface area contributed by atoms with Gasteiger partial charge in [0.2, 0.25) is 14.2 Å². The molecule has 1 heterocycles. The molecule has 0 aliphatic heterocycles. The summed E-state index contributed by atoms with van der Waals surface area (Å²) >= 11 is 0.819. The average Bonchev–Trinajstić information content (AvgIpc) is 2.63. The Morgan fingerprint density at radius 2 is 2.12 bits per heavy atom. The molecular formula is C8H14N2O4S2. The van der Waals surface area contributed by atoms with E-state index >= 15 is 0 Å². The Morgan fingerprint density at radius 3 is 2.69 bits per heavy atom. The van der Waals surface area contributed by atoms with Gasteiger partial charge >= 0.3 is 6.01 Å². The largest absolute Gasteiger partial charge is 0.460 e. The van der Waals surface area contributed by atoms with Crippen molar-refractivity contribution in [3.63, 3.8) is 0 Å². The first-order valence-electron chi connectivity index (χ1n) is 4.68. The first-order valence-corrected chi connectivity index (χ1v) is 7.10. The van der Waals surface area contributed by atoms with E-state index in [-0.39, 0.29) is 28.8 Å². The zero-order valence-corrected chi connectivity index (χ0v) is 11.0. The first-order chi connectivity index (χ1) is 7.45. The molecule has 1 aromatic rings. The van der Waals surface area contributed by atoms with Crippen molar-refractivity contribution in [2.45, 2.75) is 24.3 Å². The predicted molar refractivity (Wildman–Crippen MR) is 59.6 cm³/mol. The molecule has 0 saturated heterocycles. The normalized spacial score (nSPS) is 12.0. The lowest BCUT2D eigenvalue weighted by Crippen LogP contribution is -2.11. The van der Waals surface area contributed by atoms with Crippen LogP contribution in [0, 0.1) is 0 Å². The fourth-order valence-corrected chi connectivity index (χ4v) is 2.82. The van der Waals surface area contributed by atoms with Crippen molar-refractivity contribution in [2.75, 3.05) is 19.5 Å². The highest BCUT2D eigenvalue weighted by Crippen LogP contribution is 2.18. The lowest BCUT2D eigenvalue weighted by molar-refractivity contribution is 0.216. The van der Waals surface area contributed by atoms with Crippen LogP contribution in [0.1, 0.15) is 13.8 Å². The summed E-state index contributed by atoms with van der Waals surface area (Å²) in [6, 6.07) is 0.107. The summed E-state index contributed by atoms with van der Waals surface area (Å²) in [5.74, 6) is -0.0974. The van der Waals surface area contributed by atoms with Gasteiger partial charge in [-0.05, 0) is 13.8 Å². The van der Waals surface area contributed by atoms with Crippen molar-refractivity contribution in [3.05, 3.63) is 0 Å². The summed E-state index contributed by atoms with van der Waals surface area (Å²) in [4.78, 5) is 3.82. The molecule has 0 aliphatic rings. The third-order valence-corrected chi connectivity index (χ3v) is 4.36. The number of hydrogen-bond donors (Lipinski definition) is 0. The van der Waals surface area contributed by atoms with Crippen molar-refractivity contribution in [1.82, 2.24) is 9.36 Å². The summed E-state index contributed by atoms with van der Waals surface area (Å²) in [6.07, 6.45) is -0.0795. The topological polar surface area (TPSA) is 78.4 Å². The molecule has 16 heavy (non-hydrogen) atoms. The summed E-state index contributed by atoms with van der Waals surface area (Å²) in [7, 11) is -1.95. The van der Waals surface area contributed by atoms with Gasteiger partial charge in [-0.1, -0.05) is 0 Å². The molecule has 8 heteroatoms. The molecule has 0 bridgehead atoms. The van der Waals surface area contributed by atoms with Crippen LogP contribution in [0.2, 0.25) is 0 Å². The van der Waals surface area contributed by atoms with Gasteiger partial charge in [0.15, 0.2) is 0 Å². The maximum atomic E-state index is 11.7. The predicted octanol–water partition coefficient (Wildman–Crippen LogP) is 0.745. The van der Waals surface area contributed by atoms with Gasteiger partial charge < -0.3 is 9.47 Å². The average molecular weight is 266 g/mol. The molecule has 0 fully saturated rings. The molecule has 1 rings (SSSR count). The third kappa shape index (κ3) is 3.69. The van der Waals surface area contributed by atoms with E-state index in [0.29, 0.717) is 0 Å². The SMILES string of the molecule is COCCS(=O)(=O)c1nc(OC(C)C)ns1. The van der Waals surface area contributed by atoms with Crippen LogP contribution in [0.4, 0.5) is 0 Å². The Labute approximate surface area is 98.7 Å². The van der Waals surface area contributed by atoms with E-state index in [1.165, 1.54) is 7.11 Å². The highest BCUT2D eigenvalue weighted by Gasteiger charge is 2.20. The summed E-state index contributed by atoms with van der Waals surface area (Å²) in [5.41, 5.74) is 0. The Morgan fingerprint density at radius 1 is 1.44 bits per heavy atom. The summed E-state index contributed by atoms with van der Waals surface area (Å²) < 4.78 is 37.0. The molecule has 0 unspecified atom stereocenters. The quantitative estimate of drug-likeness (QED) is 0.756.